The summed E-state index contributed by atoms with van der Waals surface area (Å²) in [6.07, 6.45) is 0. The molecule has 0 saturated heterocycles. The molecule has 4 nitrogen and oxygen atoms in total. The summed E-state index contributed by atoms with van der Waals surface area (Å²) in [6.45, 7) is 0. The summed E-state index contributed by atoms with van der Waals surface area (Å²) in [5, 5.41) is 4.21. The van der Waals surface area contributed by atoms with Crippen LogP contribution in [0.3, 0.4) is 0 Å². The van der Waals surface area contributed by atoms with E-state index in [0.29, 0.717) is 21.7 Å². The van der Waals surface area contributed by atoms with Gasteiger partial charge in [-0.3, -0.25) is 0 Å². The molecule has 0 amide bonds. The van der Waals surface area contributed by atoms with Crippen LogP contribution in [0.1, 0.15) is 5.56 Å². The number of anilines is 1. The molecule has 21 heavy (non-hydrogen) atoms. The second-order valence-electron chi connectivity index (χ2n) is 4.28. The third-order valence-corrected chi connectivity index (χ3v) is 4.87. The van der Waals surface area contributed by atoms with Crippen LogP contribution in [0.2, 0.25) is 5.02 Å². The van der Waals surface area contributed by atoms with Crippen LogP contribution in [-0.2, 0) is 5.75 Å². The lowest BCUT2D eigenvalue weighted by Crippen LogP contribution is -1.96. The molecular formula is C14H12ClN3OS2. The van der Waals surface area contributed by atoms with Crippen LogP contribution < -0.4 is 10.5 Å². The average Bonchev–Trinajstić information content (AvgIpc) is 2.94. The van der Waals surface area contributed by atoms with Crippen molar-refractivity contribution in [2.45, 2.75) is 10.9 Å². The SMILES string of the molecule is COc1ccc(Cl)cc1CSc1nc(N)c2ccsc2n1. The highest BCUT2D eigenvalue weighted by Gasteiger charge is 2.09. The van der Waals surface area contributed by atoms with Gasteiger partial charge in [-0.2, -0.15) is 0 Å². The molecule has 0 aliphatic heterocycles. The Labute approximate surface area is 135 Å². The Morgan fingerprint density at radius 2 is 2.19 bits per heavy atom. The molecule has 7 heteroatoms. The predicted octanol–water partition coefficient (Wildman–Crippen LogP) is 4.23. The van der Waals surface area contributed by atoms with Crippen LogP contribution in [0.25, 0.3) is 10.2 Å². The number of methoxy groups -OCH3 is 1. The molecule has 0 aliphatic rings. The molecule has 108 valence electrons. The van der Waals surface area contributed by atoms with Gasteiger partial charge in [0, 0.05) is 16.3 Å². The van der Waals surface area contributed by atoms with E-state index in [-0.39, 0.29) is 0 Å². The first-order valence-corrected chi connectivity index (χ1v) is 8.37. The van der Waals surface area contributed by atoms with Crippen molar-refractivity contribution in [2.75, 3.05) is 12.8 Å². The van der Waals surface area contributed by atoms with Crippen LogP contribution in [-0.4, -0.2) is 17.1 Å². The zero-order valence-corrected chi connectivity index (χ0v) is 13.6. The fraction of sp³-hybridized carbons (Fsp3) is 0.143. The maximum absolute atomic E-state index is 6.03. The number of fused-ring (bicyclic) bond motifs is 1. The number of rotatable bonds is 4. The molecule has 0 spiro atoms. The van der Waals surface area contributed by atoms with E-state index >= 15 is 0 Å². The normalized spacial score (nSPS) is 11.0. The molecule has 0 bridgehead atoms. The van der Waals surface area contributed by atoms with Crippen LogP contribution in [0.15, 0.2) is 34.8 Å². The highest BCUT2D eigenvalue weighted by Crippen LogP contribution is 2.31. The number of nitrogens with two attached hydrogens (primary N) is 1. The van der Waals surface area contributed by atoms with Crippen molar-refractivity contribution in [3.05, 3.63) is 40.2 Å². The smallest absolute Gasteiger partial charge is 0.191 e. The summed E-state index contributed by atoms with van der Waals surface area (Å²) < 4.78 is 5.33. The number of hydrogen-bond donors (Lipinski definition) is 1. The molecule has 3 aromatic rings. The predicted molar refractivity (Wildman–Crippen MR) is 89.4 cm³/mol. The molecular weight excluding hydrogens is 326 g/mol. The van der Waals surface area contributed by atoms with Gasteiger partial charge in [-0.1, -0.05) is 23.4 Å². The monoisotopic (exact) mass is 337 g/mol. The molecule has 0 unspecified atom stereocenters. The van der Waals surface area contributed by atoms with E-state index in [1.807, 2.05) is 23.6 Å². The highest BCUT2D eigenvalue weighted by molar-refractivity contribution is 7.98. The highest BCUT2D eigenvalue weighted by atomic mass is 35.5. The average molecular weight is 338 g/mol. The van der Waals surface area contributed by atoms with Crippen LogP contribution in [0.5, 0.6) is 5.75 Å². The summed E-state index contributed by atoms with van der Waals surface area (Å²) in [5.74, 6) is 1.99. The molecule has 1 aromatic carbocycles. The van der Waals surface area contributed by atoms with Crippen LogP contribution in [0, 0.1) is 0 Å². The number of thioether (sulfide) groups is 1. The molecule has 0 aliphatic carbocycles. The molecule has 2 heterocycles. The Morgan fingerprint density at radius 3 is 3.00 bits per heavy atom. The first-order chi connectivity index (χ1) is 10.2. The summed E-state index contributed by atoms with van der Waals surface area (Å²) in [4.78, 5) is 9.74. The van der Waals surface area contributed by atoms with Gasteiger partial charge in [0.05, 0.1) is 12.5 Å². The molecule has 0 radical (unpaired) electrons. The van der Waals surface area contributed by atoms with E-state index in [1.54, 1.807) is 24.5 Å². The first-order valence-electron chi connectivity index (χ1n) is 6.13. The van der Waals surface area contributed by atoms with Gasteiger partial charge in [0.1, 0.15) is 16.4 Å². The van der Waals surface area contributed by atoms with Crippen LogP contribution in [0.4, 0.5) is 5.82 Å². The Morgan fingerprint density at radius 1 is 1.33 bits per heavy atom. The van der Waals surface area contributed by atoms with E-state index in [2.05, 4.69) is 9.97 Å². The minimum atomic E-state index is 0.516. The van der Waals surface area contributed by atoms with E-state index in [4.69, 9.17) is 22.1 Å². The second-order valence-corrected chi connectivity index (χ2v) is 6.55. The zero-order valence-electron chi connectivity index (χ0n) is 11.2. The lowest BCUT2D eigenvalue weighted by atomic mass is 10.2. The molecule has 2 N–H and O–H groups in total. The Bertz CT molecular complexity index is 791. The molecule has 0 fully saturated rings. The minimum Gasteiger partial charge on any atom is -0.496 e. The lowest BCUT2D eigenvalue weighted by molar-refractivity contribution is 0.411. The van der Waals surface area contributed by atoms with Gasteiger partial charge in [-0.25, -0.2) is 9.97 Å². The summed E-state index contributed by atoms with van der Waals surface area (Å²) in [7, 11) is 1.64. The molecule has 0 atom stereocenters. The van der Waals surface area contributed by atoms with Crippen molar-refractivity contribution in [3.8, 4) is 5.75 Å². The number of nitrogen functional groups attached to an aromatic ring is 1. The number of nitrogens with zero attached hydrogens (tertiary/aromatic N) is 2. The number of ether oxygens (including phenoxy) is 1. The van der Waals surface area contributed by atoms with E-state index in [1.165, 1.54) is 11.8 Å². The first kappa shape index (κ1) is 14.4. The fourth-order valence-corrected chi connectivity index (χ4v) is 3.78. The number of aromatic nitrogens is 2. The molecule has 3 rings (SSSR count). The number of hydrogen-bond acceptors (Lipinski definition) is 6. The summed E-state index contributed by atoms with van der Waals surface area (Å²) in [6, 6.07) is 7.49. The van der Waals surface area contributed by atoms with Gasteiger partial charge in [-0.05, 0) is 29.6 Å². The van der Waals surface area contributed by atoms with Crippen molar-refractivity contribution >= 4 is 50.7 Å². The fourth-order valence-electron chi connectivity index (χ4n) is 1.92. The Balaban J connectivity index is 1.84. The van der Waals surface area contributed by atoms with Crippen molar-refractivity contribution in [3.63, 3.8) is 0 Å². The van der Waals surface area contributed by atoms with Gasteiger partial charge < -0.3 is 10.5 Å². The number of benzene rings is 1. The third-order valence-electron chi connectivity index (χ3n) is 2.93. The lowest BCUT2D eigenvalue weighted by Gasteiger charge is -2.08. The maximum Gasteiger partial charge on any atom is 0.191 e. The Hall–Kier alpha value is -1.50. The van der Waals surface area contributed by atoms with Crippen molar-refractivity contribution in [1.29, 1.82) is 0 Å². The van der Waals surface area contributed by atoms with Gasteiger partial charge in [0.15, 0.2) is 5.16 Å². The topological polar surface area (TPSA) is 61.0 Å². The molecule has 0 saturated carbocycles. The minimum absolute atomic E-state index is 0.516. The van der Waals surface area contributed by atoms with Crippen LogP contribution >= 0.6 is 34.7 Å². The van der Waals surface area contributed by atoms with Crippen molar-refractivity contribution < 1.29 is 4.74 Å². The second kappa shape index (κ2) is 6.09. The number of thiophene rings is 1. The van der Waals surface area contributed by atoms with Gasteiger partial charge in [0.25, 0.3) is 0 Å². The molecule has 2 aromatic heterocycles. The summed E-state index contributed by atoms with van der Waals surface area (Å²) in [5.41, 5.74) is 6.95. The quantitative estimate of drug-likeness (QED) is 0.570. The van der Waals surface area contributed by atoms with E-state index < -0.39 is 0 Å². The van der Waals surface area contributed by atoms with E-state index in [0.717, 1.165) is 21.5 Å². The third kappa shape index (κ3) is 3.07. The van der Waals surface area contributed by atoms with E-state index in [9.17, 15) is 0 Å². The van der Waals surface area contributed by atoms with Gasteiger partial charge in [-0.15, -0.1) is 11.3 Å². The van der Waals surface area contributed by atoms with Gasteiger partial charge in [0.2, 0.25) is 0 Å². The number of halogens is 1. The largest absolute Gasteiger partial charge is 0.496 e. The summed E-state index contributed by atoms with van der Waals surface area (Å²) >= 11 is 9.10. The zero-order chi connectivity index (χ0) is 14.8. The standard InChI is InChI=1S/C14H12ClN3OS2/c1-19-11-3-2-9(15)6-8(11)7-21-14-17-12(16)10-4-5-20-13(10)18-14/h2-6H,7H2,1H3,(H2,16,17,18). The van der Waals surface area contributed by atoms with Crippen molar-refractivity contribution in [1.82, 2.24) is 9.97 Å². The van der Waals surface area contributed by atoms with Crippen molar-refractivity contribution in [2.24, 2.45) is 0 Å². The van der Waals surface area contributed by atoms with Gasteiger partial charge >= 0.3 is 0 Å². The maximum atomic E-state index is 6.03. The Kier molecular flexibility index (Phi) is 4.19.